The molecular weight excluding hydrogens is 400 g/mol. The first-order chi connectivity index (χ1) is 16.3. The van der Waals surface area contributed by atoms with Crippen LogP contribution in [0.25, 0.3) is 54.9 Å². The van der Waals surface area contributed by atoms with Gasteiger partial charge in [0.05, 0.1) is 0 Å². The summed E-state index contributed by atoms with van der Waals surface area (Å²) >= 11 is 0. The Bertz CT molecular complexity index is 1600. The van der Waals surface area contributed by atoms with E-state index in [1.54, 1.807) is 0 Å². The molecule has 156 valence electrons. The quantitative estimate of drug-likeness (QED) is 0.302. The van der Waals surface area contributed by atoms with Gasteiger partial charge in [-0.05, 0) is 62.0 Å². The number of phenols is 1. The fourth-order valence-electron chi connectivity index (χ4n) is 4.76. The van der Waals surface area contributed by atoms with Crippen LogP contribution < -0.4 is 0 Å². The second-order valence-corrected chi connectivity index (χ2v) is 8.35. The van der Waals surface area contributed by atoms with Gasteiger partial charge in [0.15, 0.2) is 0 Å². The van der Waals surface area contributed by atoms with E-state index in [0.29, 0.717) is 5.75 Å². The second kappa shape index (κ2) is 7.96. The van der Waals surface area contributed by atoms with E-state index in [0.717, 1.165) is 54.9 Å². The molecule has 0 aliphatic rings. The molecule has 6 aromatic rings. The maximum atomic E-state index is 11.7. The maximum absolute atomic E-state index is 11.7. The van der Waals surface area contributed by atoms with E-state index < -0.39 is 0 Å². The Balaban J connectivity index is 1.74. The van der Waals surface area contributed by atoms with Crippen LogP contribution >= 0.6 is 0 Å². The molecule has 0 saturated heterocycles. The predicted molar refractivity (Wildman–Crippen MR) is 139 cm³/mol. The first-order valence-electron chi connectivity index (χ1n) is 11.2. The lowest BCUT2D eigenvalue weighted by Crippen LogP contribution is -1.90. The Hall–Kier alpha value is -4.36. The van der Waals surface area contributed by atoms with Crippen molar-refractivity contribution >= 4 is 21.5 Å². The first kappa shape index (κ1) is 19.3. The van der Waals surface area contributed by atoms with Crippen molar-refractivity contribution in [3.8, 4) is 39.1 Å². The maximum Gasteiger partial charge on any atom is 0.131 e. The Morgan fingerprint density at radius 1 is 0.394 bits per heavy atom. The van der Waals surface area contributed by atoms with Crippen LogP contribution in [0.4, 0.5) is 0 Å². The zero-order valence-electron chi connectivity index (χ0n) is 18.1. The van der Waals surface area contributed by atoms with Gasteiger partial charge in [-0.3, -0.25) is 0 Å². The van der Waals surface area contributed by atoms with Gasteiger partial charge in [0, 0.05) is 11.1 Å². The molecule has 0 heterocycles. The van der Waals surface area contributed by atoms with Crippen molar-refractivity contribution in [2.45, 2.75) is 0 Å². The van der Waals surface area contributed by atoms with E-state index in [2.05, 4.69) is 84.9 Å². The van der Waals surface area contributed by atoms with Crippen molar-refractivity contribution in [2.24, 2.45) is 0 Å². The van der Waals surface area contributed by atoms with Crippen molar-refractivity contribution < 1.29 is 5.11 Å². The normalized spacial score (nSPS) is 11.2. The highest BCUT2D eigenvalue weighted by molar-refractivity contribution is 6.11. The summed E-state index contributed by atoms with van der Waals surface area (Å²) in [5.41, 5.74) is 6.06. The number of hydrogen-bond donors (Lipinski definition) is 1. The van der Waals surface area contributed by atoms with Gasteiger partial charge in [0.2, 0.25) is 0 Å². The molecule has 0 aliphatic heterocycles. The van der Waals surface area contributed by atoms with Gasteiger partial charge in [-0.25, -0.2) is 0 Å². The number of rotatable bonds is 3. The number of benzene rings is 6. The lowest BCUT2D eigenvalue weighted by atomic mass is 9.87. The van der Waals surface area contributed by atoms with Crippen LogP contribution in [0.3, 0.4) is 0 Å². The second-order valence-electron chi connectivity index (χ2n) is 8.35. The van der Waals surface area contributed by atoms with Gasteiger partial charge in [-0.2, -0.15) is 0 Å². The summed E-state index contributed by atoms with van der Waals surface area (Å²) in [5, 5.41) is 16.2. The standard InChI is InChI=1S/C32H22O/c33-32-29(23-13-5-2-6-14-23)20-25-16-8-10-18-28(25)31(32)30-21-26(22-11-3-1-4-12-22)19-24-15-7-9-17-27(24)30/h1-21,33H. The molecule has 6 rings (SSSR count). The highest BCUT2D eigenvalue weighted by atomic mass is 16.3. The Kier molecular flexibility index (Phi) is 4.66. The molecule has 0 saturated carbocycles. The SMILES string of the molecule is Oc1c(-c2ccccc2)cc2ccccc2c1-c1cc(-c2ccccc2)cc2ccccc12. The summed E-state index contributed by atoms with van der Waals surface area (Å²) in [7, 11) is 0. The molecule has 0 atom stereocenters. The van der Waals surface area contributed by atoms with Crippen LogP contribution in [-0.4, -0.2) is 5.11 Å². The summed E-state index contributed by atoms with van der Waals surface area (Å²) in [4.78, 5) is 0. The largest absolute Gasteiger partial charge is 0.507 e. The summed E-state index contributed by atoms with van der Waals surface area (Å²) in [5.74, 6) is 0.315. The van der Waals surface area contributed by atoms with Gasteiger partial charge in [-0.1, -0.05) is 109 Å². The summed E-state index contributed by atoms with van der Waals surface area (Å²) in [6, 6.07) is 43.8. The molecule has 1 nitrogen and oxygen atoms in total. The van der Waals surface area contributed by atoms with E-state index in [-0.39, 0.29) is 0 Å². The molecule has 0 aromatic heterocycles. The third kappa shape index (κ3) is 3.35. The minimum absolute atomic E-state index is 0.315. The Labute approximate surface area is 193 Å². The van der Waals surface area contributed by atoms with Crippen molar-refractivity contribution in [1.29, 1.82) is 0 Å². The third-order valence-electron chi connectivity index (χ3n) is 6.34. The van der Waals surface area contributed by atoms with Gasteiger partial charge in [0.1, 0.15) is 5.75 Å². The molecule has 33 heavy (non-hydrogen) atoms. The minimum Gasteiger partial charge on any atom is -0.507 e. The molecular formula is C32H22O. The molecule has 0 fully saturated rings. The molecule has 1 heteroatoms. The molecule has 0 unspecified atom stereocenters. The smallest absolute Gasteiger partial charge is 0.131 e. The highest BCUT2D eigenvalue weighted by Crippen LogP contribution is 2.46. The minimum atomic E-state index is 0.315. The fraction of sp³-hybridized carbons (Fsp3) is 0. The van der Waals surface area contributed by atoms with E-state index in [4.69, 9.17) is 0 Å². The van der Waals surface area contributed by atoms with E-state index in [1.165, 1.54) is 0 Å². The van der Waals surface area contributed by atoms with Crippen molar-refractivity contribution in [2.75, 3.05) is 0 Å². The molecule has 0 spiro atoms. The average molecular weight is 423 g/mol. The number of phenolic OH excluding ortho intramolecular Hbond substituents is 1. The van der Waals surface area contributed by atoms with Crippen LogP contribution in [0, 0.1) is 0 Å². The summed E-state index contributed by atoms with van der Waals surface area (Å²) in [6.07, 6.45) is 0. The molecule has 6 aromatic carbocycles. The zero-order chi connectivity index (χ0) is 22.2. The van der Waals surface area contributed by atoms with E-state index >= 15 is 0 Å². The van der Waals surface area contributed by atoms with Crippen LogP contribution in [0.1, 0.15) is 0 Å². The van der Waals surface area contributed by atoms with Gasteiger partial charge < -0.3 is 5.11 Å². The number of hydrogen-bond acceptors (Lipinski definition) is 1. The topological polar surface area (TPSA) is 20.2 Å². The molecule has 0 radical (unpaired) electrons. The lowest BCUT2D eigenvalue weighted by molar-refractivity contribution is 0.480. The monoisotopic (exact) mass is 422 g/mol. The van der Waals surface area contributed by atoms with Gasteiger partial charge in [-0.15, -0.1) is 0 Å². The van der Waals surface area contributed by atoms with E-state index in [1.807, 2.05) is 42.5 Å². The molecule has 0 bridgehead atoms. The predicted octanol–water partition coefficient (Wildman–Crippen LogP) is 8.70. The third-order valence-corrected chi connectivity index (χ3v) is 6.34. The fourth-order valence-corrected chi connectivity index (χ4v) is 4.76. The van der Waals surface area contributed by atoms with Gasteiger partial charge >= 0.3 is 0 Å². The number of aromatic hydroxyl groups is 1. The zero-order valence-corrected chi connectivity index (χ0v) is 18.1. The van der Waals surface area contributed by atoms with Gasteiger partial charge in [0.25, 0.3) is 0 Å². The molecule has 0 aliphatic carbocycles. The van der Waals surface area contributed by atoms with Crippen LogP contribution in [0.2, 0.25) is 0 Å². The lowest BCUT2D eigenvalue weighted by Gasteiger charge is -2.17. The van der Waals surface area contributed by atoms with Crippen LogP contribution in [-0.2, 0) is 0 Å². The summed E-state index contributed by atoms with van der Waals surface area (Å²) < 4.78 is 0. The van der Waals surface area contributed by atoms with Crippen molar-refractivity contribution in [1.82, 2.24) is 0 Å². The molecule has 0 amide bonds. The van der Waals surface area contributed by atoms with Crippen LogP contribution in [0.15, 0.2) is 127 Å². The van der Waals surface area contributed by atoms with E-state index in [9.17, 15) is 5.11 Å². The summed E-state index contributed by atoms with van der Waals surface area (Å²) in [6.45, 7) is 0. The highest BCUT2D eigenvalue weighted by Gasteiger charge is 2.18. The van der Waals surface area contributed by atoms with Crippen molar-refractivity contribution in [3.63, 3.8) is 0 Å². The van der Waals surface area contributed by atoms with Crippen LogP contribution in [0.5, 0.6) is 5.75 Å². The van der Waals surface area contributed by atoms with Crippen molar-refractivity contribution in [3.05, 3.63) is 127 Å². The first-order valence-corrected chi connectivity index (χ1v) is 11.2. The Morgan fingerprint density at radius 2 is 0.939 bits per heavy atom. The average Bonchev–Trinajstić information content (AvgIpc) is 2.89. The molecule has 1 N–H and O–H groups in total. The number of fused-ring (bicyclic) bond motifs is 2. The Morgan fingerprint density at radius 3 is 1.64 bits per heavy atom.